The molecule has 0 fully saturated rings. The second kappa shape index (κ2) is 5.96. The van der Waals surface area contributed by atoms with Gasteiger partial charge in [0.25, 0.3) is 0 Å². The van der Waals surface area contributed by atoms with Gasteiger partial charge in [-0.25, -0.2) is 0 Å². The summed E-state index contributed by atoms with van der Waals surface area (Å²) in [5, 5.41) is 0. The second-order valence-electron chi connectivity index (χ2n) is 9.51. The van der Waals surface area contributed by atoms with Gasteiger partial charge in [-0.05, 0) is 34.2 Å². The van der Waals surface area contributed by atoms with Crippen molar-refractivity contribution in [2.24, 2.45) is 5.41 Å². The Kier molecular flexibility index (Phi) is 4.88. The predicted octanol–water partition coefficient (Wildman–Crippen LogP) is 6.90. The number of allylic oxidation sites excluding steroid dienone is 2. The van der Waals surface area contributed by atoms with Crippen LogP contribution < -0.4 is 0 Å². The molecule has 0 saturated carbocycles. The molecule has 0 aliphatic heterocycles. The van der Waals surface area contributed by atoms with Crippen molar-refractivity contribution >= 4 is 32.1 Å². The molecule has 0 amide bonds. The highest BCUT2D eigenvalue weighted by Gasteiger charge is 2.42. The van der Waals surface area contributed by atoms with Crippen LogP contribution in [-0.2, 0) is 0 Å². The summed E-state index contributed by atoms with van der Waals surface area (Å²) in [5.41, 5.74) is 5.30. The lowest BCUT2D eigenvalue weighted by atomic mass is 10.0. The average molecular weight is 351 g/mol. The number of benzene rings is 1. The largest absolute Gasteiger partial charge is 0.166 e. The van der Waals surface area contributed by atoms with Crippen LogP contribution in [0.4, 0.5) is 0 Å². The quantitative estimate of drug-likeness (QED) is 0.409. The predicted molar refractivity (Wildman–Crippen MR) is 107 cm³/mol. The minimum absolute atomic E-state index is 0.299. The molecule has 0 bridgehead atoms. The second-order valence-corrected chi connectivity index (χ2v) is 21.1. The summed E-state index contributed by atoms with van der Waals surface area (Å²) in [4.78, 5) is 0. The van der Waals surface area contributed by atoms with E-state index in [9.17, 15) is 0 Å². The van der Waals surface area contributed by atoms with E-state index in [0.717, 1.165) is 6.04 Å². The van der Waals surface area contributed by atoms with Crippen molar-refractivity contribution in [3.63, 3.8) is 0 Å². The number of hydrogen-bond donors (Lipinski definition) is 0. The number of rotatable bonds is 4. The molecule has 1 aromatic rings. The minimum Gasteiger partial charge on any atom is -0.166 e. The molecule has 1 aromatic carbocycles. The minimum atomic E-state index is -1.86. The van der Waals surface area contributed by atoms with Crippen LogP contribution >= 0.6 is 11.1 Å². The Morgan fingerprint density at radius 2 is 1.64 bits per heavy atom. The summed E-state index contributed by atoms with van der Waals surface area (Å²) in [6, 6.07) is 11.4. The zero-order valence-electron chi connectivity index (χ0n) is 15.3. The molecule has 0 saturated heterocycles. The van der Waals surface area contributed by atoms with Crippen molar-refractivity contribution in [3.05, 3.63) is 41.5 Å². The van der Waals surface area contributed by atoms with Crippen LogP contribution in [0.3, 0.4) is 0 Å². The maximum atomic E-state index is 7.20. The van der Waals surface area contributed by atoms with E-state index in [1.807, 2.05) is 0 Å². The Morgan fingerprint density at radius 1 is 1.05 bits per heavy atom. The van der Waals surface area contributed by atoms with Crippen molar-refractivity contribution < 1.29 is 0 Å². The first-order valence-corrected chi connectivity index (χ1v) is 15.9. The van der Waals surface area contributed by atoms with Gasteiger partial charge in [0.1, 0.15) is 0 Å². The van der Waals surface area contributed by atoms with Gasteiger partial charge in [-0.15, -0.1) is 0 Å². The molecule has 2 rings (SSSR count). The molecule has 0 radical (unpaired) electrons. The van der Waals surface area contributed by atoms with E-state index < -0.39 is 15.5 Å². The molecule has 1 aliphatic carbocycles. The molecule has 2 atom stereocenters. The molecule has 1 aliphatic rings. The van der Waals surface area contributed by atoms with E-state index in [0.29, 0.717) is 11.0 Å². The lowest BCUT2D eigenvalue weighted by Gasteiger charge is -2.33. The van der Waals surface area contributed by atoms with E-state index in [1.165, 1.54) is 17.2 Å². The summed E-state index contributed by atoms with van der Waals surface area (Å²) in [7, 11) is -2.99. The first kappa shape index (κ1) is 18.0. The SMILES string of the molecule is CC(C)(C)C[Si](C)(Cl)C1C=C(C[Si](C)(C)C)c2ccccc21. The zero-order valence-corrected chi connectivity index (χ0v) is 18.0. The monoisotopic (exact) mass is 350 g/mol. The standard InChI is InChI=1S/C19H31ClSi2/c1-19(2,3)14-22(7,20)18-12-15(13-21(4,5)6)16-10-8-9-11-17(16)18/h8-12,18H,13-14H2,1-7H3. The van der Waals surface area contributed by atoms with Crippen molar-refractivity contribution in [1.29, 1.82) is 0 Å². The molecule has 3 heteroatoms. The fourth-order valence-electron chi connectivity index (χ4n) is 3.81. The van der Waals surface area contributed by atoms with Gasteiger partial charge < -0.3 is 0 Å². The third-order valence-corrected chi connectivity index (χ3v) is 10.3. The van der Waals surface area contributed by atoms with Gasteiger partial charge in [0.15, 0.2) is 7.38 Å². The Hall–Kier alpha value is -0.316. The molecule has 0 heterocycles. The Bertz CT molecular complexity index is 574. The molecule has 0 spiro atoms. The first-order chi connectivity index (χ1) is 9.89. The molecule has 2 unspecified atom stereocenters. The number of halogens is 1. The Balaban J connectivity index is 2.40. The molecule has 0 aromatic heterocycles. The summed E-state index contributed by atoms with van der Waals surface area (Å²) < 4.78 is 0. The average Bonchev–Trinajstić information content (AvgIpc) is 2.64. The smallest absolute Gasteiger partial charge is 0.165 e. The topological polar surface area (TPSA) is 0 Å². The lowest BCUT2D eigenvalue weighted by Crippen LogP contribution is -2.35. The van der Waals surface area contributed by atoms with E-state index in [2.05, 4.69) is 77.3 Å². The van der Waals surface area contributed by atoms with Crippen LogP contribution in [0.25, 0.3) is 5.57 Å². The molecule has 22 heavy (non-hydrogen) atoms. The molecule has 122 valence electrons. The fraction of sp³-hybridized carbons (Fsp3) is 0.579. The van der Waals surface area contributed by atoms with Gasteiger partial charge in [-0.1, -0.05) is 77.3 Å². The maximum Gasteiger partial charge on any atom is 0.165 e. The van der Waals surface area contributed by atoms with Crippen LogP contribution in [0.2, 0.25) is 38.3 Å². The highest BCUT2D eigenvalue weighted by molar-refractivity contribution is 7.20. The first-order valence-electron chi connectivity index (χ1n) is 8.38. The maximum absolute atomic E-state index is 7.20. The van der Waals surface area contributed by atoms with Gasteiger partial charge in [0, 0.05) is 13.6 Å². The van der Waals surface area contributed by atoms with Gasteiger partial charge in [-0.3, -0.25) is 0 Å². The van der Waals surface area contributed by atoms with Gasteiger partial charge >= 0.3 is 0 Å². The van der Waals surface area contributed by atoms with E-state index in [-0.39, 0.29) is 0 Å². The molecular weight excluding hydrogens is 320 g/mol. The Labute approximate surface area is 143 Å². The third kappa shape index (κ3) is 4.36. The van der Waals surface area contributed by atoms with E-state index in [4.69, 9.17) is 11.1 Å². The van der Waals surface area contributed by atoms with E-state index >= 15 is 0 Å². The normalized spacial score (nSPS) is 21.3. The molecular formula is C19H31ClSi2. The van der Waals surface area contributed by atoms with Crippen LogP contribution in [-0.4, -0.2) is 15.5 Å². The van der Waals surface area contributed by atoms with Crippen LogP contribution in [0.5, 0.6) is 0 Å². The summed E-state index contributed by atoms with van der Waals surface area (Å²) in [5.74, 6) is 0. The van der Waals surface area contributed by atoms with Crippen LogP contribution in [0.15, 0.2) is 30.3 Å². The summed E-state index contributed by atoms with van der Waals surface area (Å²) >= 11 is 7.20. The third-order valence-electron chi connectivity index (χ3n) is 4.25. The van der Waals surface area contributed by atoms with Crippen molar-refractivity contribution in [2.45, 2.75) is 64.6 Å². The lowest BCUT2D eigenvalue weighted by molar-refractivity contribution is 0.461. The Morgan fingerprint density at radius 3 is 2.18 bits per heavy atom. The van der Waals surface area contributed by atoms with E-state index in [1.54, 1.807) is 5.57 Å². The number of fused-ring (bicyclic) bond motifs is 1. The summed E-state index contributed by atoms with van der Waals surface area (Å²) in [6.45, 7) is 16.7. The summed E-state index contributed by atoms with van der Waals surface area (Å²) in [6.07, 6.45) is 2.54. The van der Waals surface area contributed by atoms with Gasteiger partial charge in [0.05, 0.1) is 0 Å². The molecule has 0 N–H and O–H groups in total. The molecule has 0 nitrogen and oxygen atoms in total. The van der Waals surface area contributed by atoms with Crippen LogP contribution in [0.1, 0.15) is 37.4 Å². The van der Waals surface area contributed by atoms with Crippen molar-refractivity contribution in [1.82, 2.24) is 0 Å². The zero-order chi connectivity index (χ0) is 16.8. The highest BCUT2D eigenvalue weighted by Crippen LogP contribution is 2.48. The van der Waals surface area contributed by atoms with Gasteiger partial charge in [0.2, 0.25) is 0 Å². The fourth-order valence-corrected chi connectivity index (χ4v) is 10.7. The van der Waals surface area contributed by atoms with Crippen molar-refractivity contribution in [3.8, 4) is 0 Å². The highest BCUT2D eigenvalue weighted by atomic mass is 35.6. The van der Waals surface area contributed by atoms with Gasteiger partial charge in [-0.2, -0.15) is 11.1 Å². The van der Waals surface area contributed by atoms with Crippen LogP contribution in [0, 0.1) is 5.41 Å². The van der Waals surface area contributed by atoms with Crippen molar-refractivity contribution in [2.75, 3.05) is 0 Å². The number of hydrogen-bond acceptors (Lipinski definition) is 0.